The molecule has 0 N–H and O–H groups in total. The Kier molecular flexibility index (Phi) is 4.57. The number of ether oxygens (including phenoxy) is 1. The summed E-state index contributed by atoms with van der Waals surface area (Å²) < 4.78 is 5.22. The normalized spacial score (nSPS) is 11.9. The first-order valence-corrected chi connectivity index (χ1v) is 6.79. The molecule has 0 bridgehead atoms. The number of hydrogen-bond donors (Lipinski definition) is 0. The second-order valence-corrected chi connectivity index (χ2v) is 5.14. The highest BCUT2D eigenvalue weighted by Gasteiger charge is 2.12. The van der Waals surface area contributed by atoms with Crippen molar-refractivity contribution >= 4 is 6.29 Å². The molecular formula is C18H20O2. The summed E-state index contributed by atoms with van der Waals surface area (Å²) in [4.78, 5) is 11.4. The molecule has 2 aromatic carbocycles. The van der Waals surface area contributed by atoms with Crippen molar-refractivity contribution in [1.29, 1.82) is 0 Å². The van der Waals surface area contributed by atoms with Crippen LogP contribution < -0.4 is 4.74 Å². The van der Waals surface area contributed by atoms with Gasteiger partial charge in [-0.2, -0.15) is 0 Å². The van der Waals surface area contributed by atoms with Crippen molar-refractivity contribution in [3.63, 3.8) is 0 Å². The van der Waals surface area contributed by atoms with Gasteiger partial charge in [-0.15, -0.1) is 0 Å². The van der Waals surface area contributed by atoms with E-state index < -0.39 is 0 Å². The molecule has 0 aromatic heterocycles. The van der Waals surface area contributed by atoms with Gasteiger partial charge in [-0.1, -0.05) is 30.3 Å². The molecule has 2 heteroatoms. The van der Waals surface area contributed by atoms with Crippen LogP contribution in [-0.4, -0.2) is 13.4 Å². The Balaban J connectivity index is 2.23. The van der Waals surface area contributed by atoms with Crippen LogP contribution in [0.4, 0.5) is 0 Å². The number of rotatable bonds is 5. The van der Waals surface area contributed by atoms with Crippen LogP contribution in [0, 0.1) is 13.8 Å². The van der Waals surface area contributed by atoms with Gasteiger partial charge in [0.25, 0.3) is 0 Å². The summed E-state index contributed by atoms with van der Waals surface area (Å²) in [5.74, 6) is 0.654. The number of aryl methyl sites for hydroxylation is 2. The van der Waals surface area contributed by atoms with Crippen molar-refractivity contribution in [2.75, 3.05) is 7.11 Å². The van der Waals surface area contributed by atoms with Crippen molar-refractivity contribution < 1.29 is 9.53 Å². The van der Waals surface area contributed by atoms with E-state index in [1.54, 1.807) is 7.11 Å². The first kappa shape index (κ1) is 14.3. The second-order valence-electron chi connectivity index (χ2n) is 5.14. The van der Waals surface area contributed by atoms with Crippen LogP contribution in [0.25, 0.3) is 0 Å². The summed E-state index contributed by atoms with van der Waals surface area (Å²) in [5.41, 5.74) is 4.72. The molecule has 0 radical (unpaired) electrons. The Morgan fingerprint density at radius 3 is 2.55 bits per heavy atom. The standard InChI is InChI=1S/C18H20O2/c1-13-7-8-15(9-14(13)2)10-17(12-19)16-5-4-6-18(11-16)20-3/h4-9,11-12,17H,10H2,1-3H3. The lowest BCUT2D eigenvalue weighted by molar-refractivity contribution is -0.109. The Bertz CT molecular complexity index is 602. The van der Waals surface area contributed by atoms with Gasteiger partial charge >= 0.3 is 0 Å². The lowest BCUT2D eigenvalue weighted by Gasteiger charge is -2.13. The van der Waals surface area contributed by atoms with Gasteiger partial charge in [0.15, 0.2) is 0 Å². The van der Waals surface area contributed by atoms with E-state index in [1.165, 1.54) is 16.7 Å². The summed E-state index contributed by atoms with van der Waals surface area (Å²) in [6.07, 6.45) is 1.74. The number of carbonyl (C=O) groups is 1. The maximum atomic E-state index is 11.4. The Morgan fingerprint density at radius 1 is 1.10 bits per heavy atom. The zero-order valence-electron chi connectivity index (χ0n) is 12.2. The number of methoxy groups -OCH3 is 1. The second kappa shape index (κ2) is 6.38. The van der Waals surface area contributed by atoms with Gasteiger partial charge in [-0.25, -0.2) is 0 Å². The van der Waals surface area contributed by atoms with Gasteiger partial charge in [-0.05, 0) is 54.7 Å². The van der Waals surface area contributed by atoms with Gasteiger partial charge in [0.05, 0.1) is 7.11 Å². The Morgan fingerprint density at radius 2 is 1.90 bits per heavy atom. The Labute approximate surface area is 120 Å². The van der Waals surface area contributed by atoms with Crippen LogP contribution in [0.5, 0.6) is 5.75 Å². The van der Waals surface area contributed by atoms with Crippen LogP contribution in [0.15, 0.2) is 42.5 Å². The molecule has 104 valence electrons. The third-order valence-corrected chi connectivity index (χ3v) is 3.71. The molecule has 0 aliphatic rings. The molecular weight excluding hydrogens is 248 g/mol. The minimum absolute atomic E-state index is 0.132. The van der Waals surface area contributed by atoms with Gasteiger partial charge in [-0.3, -0.25) is 0 Å². The van der Waals surface area contributed by atoms with E-state index >= 15 is 0 Å². The molecule has 20 heavy (non-hydrogen) atoms. The molecule has 0 aliphatic carbocycles. The fourth-order valence-corrected chi connectivity index (χ4v) is 2.30. The summed E-state index contributed by atoms with van der Waals surface area (Å²) in [7, 11) is 1.64. The van der Waals surface area contributed by atoms with Gasteiger partial charge in [0.1, 0.15) is 12.0 Å². The minimum Gasteiger partial charge on any atom is -0.497 e. The average molecular weight is 268 g/mol. The summed E-state index contributed by atoms with van der Waals surface area (Å²) >= 11 is 0. The van der Waals surface area contributed by atoms with Crippen LogP contribution in [0.2, 0.25) is 0 Å². The largest absolute Gasteiger partial charge is 0.497 e. The Hall–Kier alpha value is -2.09. The van der Waals surface area contributed by atoms with Crippen LogP contribution >= 0.6 is 0 Å². The lowest BCUT2D eigenvalue weighted by Crippen LogP contribution is -2.05. The quantitative estimate of drug-likeness (QED) is 0.770. The van der Waals surface area contributed by atoms with Gasteiger partial charge in [0.2, 0.25) is 0 Å². The molecule has 2 nitrogen and oxygen atoms in total. The highest BCUT2D eigenvalue weighted by Crippen LogP contribution is 2.23. The van der Waals surface area contributed by atoms with E-state index in [4.69, 9.17) is 4.74 Å². The molecule has 2 aromatic rings. The smallest absolute Gasteiger partial charge is 0.127 e. The summed E-state index contributed by atoms with van der Waals surface area (Å²) in [6.45, 7) is 4.19. The predicted molar refractivity (Wildman–Crippen MR) is 81.4 cm³/mol. The maximum Gasteiger partial charge on any atom is 0.127 e. The third kappa shape index (κ3) is 3.27. The minimum atomic E-state index is -0.132. The first-order chi connectivity index (χ1) is 9.63. The van der Waals surface area contributed by atoms with Crippen molar-refractivity contribution in [3.05, 3.63) is 64.7 Å². The molecule has 0 aliphatic heterocycles. The molecule has 0 saturated heterocycles. The van der Waals surface area contributed by atoms with E-state index in [9.17, 15) is 4.79 Å². The highest BCUT2D eigenvalue weighted by molar-refractivity contribution is 5.63. The maximum absolute atomic E-state index is 11.4. The lowest BCUT2D eigenvalue weighted by atomic mass is 9.92. The molecule has 0 saturated carbocycles. The SMILES string of the molecule is COc1cccc(C(C=O)Cc2ccc(C)c(C)c2)c1. The van der Waals surface area contributed by atoms with E-state index in [1.807, 2.05) is 24.3 Å². The molecule has 1 atom stereocenters. The van der Waals surface area contributed by atoms with Crippen molar-refractivity contribution in [3.8, 4) is 5.75 Å². The number of aldehydes is 1. The van der Waals surface area contributed by atoms with E-state index in [0.717, 1.165) is 24.0 Å². The number of hydrogen-bond acceptors (Lipinski definition) is 2. The fraction of sp³-hybridized carbons (Fsp3) is 0.278. The van der Waals surface area contributed by atoms with Crippen molar-refractivity contribution in [1.82, 2.24) is 0 Å². The molecule has 1 unspecified atom stereocenters. The van der Waals surface area contributed by atoms with Crippen molar-refractivity contribution in [2.24, 2.45) is 0 Å². The van der Waals surface area contributed by atoms with E-state index in [-0.39, 0.29) is 5.92 Å². The van der Waals surface area contributed by atoms with Crippen molar-refractivity contribution in [2.45, 2.75) is 26.2 Å². The van der Waals surface area contributed by atoms with E-state index in [0.29, 0.717) is 0 Å². The molecule has 0 spiro atoms. The molecule has 0 fully saturated rings. The highest BCUT2D eigenvalue weighted by atomic mass is 16.5. The van der Waals surface area contributed by atoms with Gasteiger partial charge < -0.3 is 9.53 Å². The number of carbonyl (C=O) groups excluding carboxylic acids is 1. The molecule has 0 amide bonds. The van der Waals surface area contributed by atoms with Crippen LogP contribution in [-0.2, 0) is 11.2 Å². The third-order valence-electron chi connectivity index (χ3n) is 3.71. The molecule has 2 rings (SSSR count). The predicted octanol–water partition coefficient (Wildman–Crippen LogP) is 3.84. The molecule has 0 heterocycles. The fourth-order valence-electron chi connectivity index (χ4n) is 2.30. The summed E-state index contributed by atoms with van der Waals surface area (Å²) in [5, 5.41) is 0. The summed E-state index contributed by atoms with van der Waals surface area (Å²) in [6, 6.07) is 14.1. The monoisotopic (exact) mass is 268 g/mol. The zero-order valence-corrected chi connectivity index (χ0v) is 12.2. The zero-order chi connectivity index (χ0) is 14.5. The van der Waals surface area contributed by atoms with Crippen LogP contribution in [0.1, 0.15) is 28.2 Å². The first-order valence-electron chi connectivity index (χ1n) is 6.79. The average Bonchev–Trinajstić information content (AvgIpc) is 2.48. The number of benzene rings is 2. The topological polar surface area (TPSA) is 26.3 Å². The van der Waals surface area contributed by atoms with E-state index in [2.05, 4.69) is 32.0 Å². The van der Waals surface area contributed by atoms with Crippen LogP contribution in [0.3, 0.4) is 0 Å². The van der Waals surface area contributed by atoms with Gasteiger partial charge in [0, 0.05) is 5.92 Å².